The van der Waals surface area contributed by atoms with Crippen LogP contribution in [0.2, 0.25) is 10.0 Å². The number of nitrogens with one attached hydrogen (secondary N) is 1. The molecule has 1 N–H and O–H groups in total. The molecule has 0 unspecified atom stereocenters. The summed E-state index contributed by atoms with van der Waals surface area (Å²) >= 11 is 12.1. The molecule has 4 heterocycles. The number of amides is 3. The number of halogens is 3. The Morgan fingerprint density at radius 1 is 0.920 bits per heavy atom. The summed E-state index contributed by atoms with van der Waals surface area (Å²) in [5.41, 5.74) is 3.84. The van der Waals surface area contributed by atoms with Crippen LogP contribution in [0.3, 0.4) is 0 Å². The van der Waals surface area contributed by atoms with E-state index in [1.807, 2.05) is 59.8 Å². The van der Waals surface area contributed by atoms with Crippen molar-refractivity contribution in [3.8, 4) is 23.1 Å². The Kier molecular flexibility index (Phi) is 10.7. The number of urea groups is 1. The van der Waals surface area contributed by atoms with E-state index in [1.54, 1.807) is 41.4 Å². The molecule has 0 saturated carbocycles. The molecular weight excluding hydrogens is 747 g/mol. The zero-order valence-electron chi connectivity index (χ0n) is 27.4. The van der Waals surface area contributed by atoms with E-state index in [-0.39, 0.29) is 35.7 Å². The zero-order chi connectivity index (χ0) is 34.1. The van der Waals surface area contributed by atoms with Crippen LogP contribution < -0.4 is 24.4 Å². The van der Waals surface area contributed by atoms with E-state index >= 15 is 0 Å². The fraction of sp³-hybridized carbons (Fsp3) is 0.250. The van der Waals surface area contributed by atoms with E-state index in [2.05, 4.69) is 21.3 Å². The van der Waals surface area contributed by atoms with E-state index in [9.17, 15) is 9.59 Å². The number of carbonyl (C=O) groups excluding carboxylic acids is 2. The minimum atomic E-state index is -0.334. The Balaban J connectivity index is 0.00000432. The molecule has 0 spiro atoms. The van der Waals surface area contributed by atoms with Gasteiger partial charge in [-0.1, -0.05) is 29.3 Å². The SMILES string of the molecule is Br.CCN(C(=O)Nc1ccc(Cl)c(Cl)c1)c1ccc(Oc2ccc3c(c2)cc(C(=O)N2CCN(Cc4ccc5c(c4)OCO5)CC2)n3C)nc1. The van der Waals surface area contributed by atoms with Gasteiger partial charge in [-0.05, 0) is 73.2 Å². The number of nitrogens with zero attached hydrogens (tertiary/aromatic N) is 5. The van der Waals surface area contributed by atoms with Gasteiger partial charge in [0.25, 0.3) is 5.91 Å². The molecule has 1 saturated heterocycles. The van der Waals surface area contributed by atoms with Gasteiger partial charge >= 0.3 is 6.03 Å². The van der Waals surface area contributed by atoms with Crippen LogP contribution >= 0.6 is 40.2 Å². The molecule has 11 nitrogen and oxygen atoms in total. The van der Waals surface area contributed by atoms with Gasteiger partial charge in [-0.25, -0.2) is 9.78 Å². The number of piperazine rings is 1. The molecule has 5 aromatic rings. The van der Waals surface area contributed by atoms with Crippen LogP contribution in [0.4, 0.5) is 16.2 Å². The maximum atomic E-state index is 13.6. The minimum absolute atomic E-state index is 0. The third-order valence-electron chi connectivity index (χ3n) is 8.72. The van der Waals surface area contributed by atoms with Gasteiger partial charge < -0.3 is 29.0 Å². The zero-order valence-corrected chi connectivity index (χ0v) is 30.6. The average Bonchev–Trinajstić information content (AvgIpc) is 3.71. The second kappa shape index (κ2) is 15.2. The lowest BCUT2D eigenvalue weighted by Gasteiger charge is -2.34. The number of ether oxygens (including phenoxy) is 3. The van der Waals surface area contributed by atoms with Gasteiger partial charge in [-0.3, -0.25) is 14.6 Å². The van der Waals surface area contributed by atoms with E-state index in [1.165, 1.54) is 0 Å². The highest BCUT2D eigenvalue weighted by atomic mass is 79.9. The molecule has 50 heavy (non-hydrogen) atoms. The van der Waals surface area contributed by atoms with Crippen molar-refractivity contribution in [2.45, 2.75) is 13.5 Å². The van der Waals surface area contributed by atoms with Gasteiger partial charge in [0.05, 0.1) is 21.9 Å². The summed E-state index contributed by atoms with van der Waals surface area (Å²) in [4.78, 5) is 36.8. The molecule has 0 aliphatic carbocycles. The van der Waals surface area contributed by atoms with Gasteiger partial charge in [-0.2, -0.15) is 0 Å². The number of aromatic nitrogens is 2. The molecule has 2 aliphatic heterocycles. The van der Waals surface area contributed by atoms with Crippen molar-refractivity contribution in [1.82, 2.24) is 19.4 Å². The highest BCUT2D eigenvalue weighted by Gasteiger charge is 2.25. The number of fused-ring (bicyclic) bond motifs is 2. The van der Waals surface area contributed by atoms with E-state index in [4.69, 9.17) is 37.4 Å². The molecule has 1 fully saturated rings. The Morgan fingerprint density at radius 3 is 2.46 bits per heavy atom. The van der Waals surface area contributed by atoms with Gasteiger partial charge in [0.1, 0.15) is 11.4 Å². The minimum Gasteiger partial charge on any atom is -0.454 e. The largest absolute Gasteiger partial charge is 0.454 e. The Bertz CT molecular complexity index is 2030. The number of pyridine rings is 1. The molecular formula is C36H35BrCl2N6O5. The third-order valence-corrected chi connectivity index (χ3v) is 9.46. The van der Waals surface area contributed by atoms with Crippen LogP contribution in [-0.4, -0.2) is 70.8 Å². The normalized spacial score (nSPS) is 14.0. The van der Waals surface area contributed by atoms with E-state index in [0.717, 1.165) is 47.6 Å². The number of benzene rings is 3. The molecule has 2 aromatic heterocycles. The Hall–Kier alpha value is -4.49. The van der Waals surface area contributed by atoms with Crippen molar-refractivity contribution in [3.63, 3.8) is 0 Å². The first-order valence-electron chi connectivity index (χ1n) is 15.9. The predicted molar refractivity (Wildman–Crippen MR) is 200 cm³/mol. The third kappa shape index (κ3) is 7.48. The second-order valence-electron chi connectivity index (χ2n) is 11.8. The monoisotopic (exact) mass is 780 g/mol. The molecule has 260 valence electrons. The van der Waals surface area contributed by atoms with Crippen molar-refractivity contribution in [2.75, 3.05) is 49.7 Å². The maximum absolute atomic E-state index is 13.6. The fourth-order valence-electron chi connectivity index (χ4n) is 6.09. The number of hydrogen-bond acceptors (Lipinski definition) is 7. The van der Waals surface area contributed by atoms with Gasteiger partial charge in [0.15, 0.2) is 11.5 Å². The molecule has 3 amide bonds. The molecule has 0 radical (unpaired) electrons. The van der Waals surface area contributed by atoms with Crippen LogP contribution in [0.25, 0.3) is 10.9 Å². The summed E-state index contributed by atoms with van der Waals surface area (Å²) in [5.74, 6) is 2.52. The molecule has 2 aliphatic rings. The lowest BCUT2D eigenvalue weighted by Crippen LogP contribution is -2.48. The topological polar surface area (TPSA) is 101 Å². The molecule has 0 bridgehead atoms. The molecule has 14 heteroatoms. The summed E-state index contributed by atoms with van der Waals surface area (Å²) in [6.07, 6.45) is 1.58. The number of rotatable bonds is 8. The highest BCUT2D eigenvalue weighted by molar-refractivity contribution is 8.93. The summed E-state index contributed by atoms with van der Waals surface area (Å²) < 4.78 is 18.9. The first-order chi connectivity index (χ1) is 23.7. The van der Waals surface area contributed by atoms with Gasteiger partial charge in [-0.15, -0.1) is 17.0 Å². The fourth-order valence-corrected chi connectivity index (χ4v) is 6.38. The predicted octanol–water partition coefficient (Wildman–Crippen LogP) is 8.00. The maximum Gasteiger partial charge on any atom is 0.326 e. The lowest BCUT2D eigenvalue weighted by molar-refractivity contribution is 0.0619. The smallest absolute Gasteiger partial charge is 0.326 e. The standard InChI is InChI=1S/C36H34Cl2N6O5.BrH/c1-3-44(36(46)40-25-5-8-28(37)29(38)19-25)26-6-11-34(39-20-26)49-27-7-9-30-24(17-27)18-31(41(30)2)35(45)43-14-12-42(13-15-43)21-23-4-10-32-33(16-23)48-22-47-32;/h4-11,16-20H,3,12-15,21-22H2,1-2H3,(H,40,46);1H. The Labute approximate surface area is 310 Å². The summed E-state index contributed by atoms with van der Waals surface area (Å²) in [6.45, 7) is 6.20. The number of carbonyl (C=O) groups is 2. The number of anilines is 2. The quantitative estimate of drug-likeness (QED) is 0.170. The van der Waals surface area contributed by atoms with Crippen molar-refractivity contribution < 1.29 is 23.8 Å². The first kappa shape index (κ1) is 35.3. The van der Waals surface area contributed by atoms with Crippen molar-refractivity contribution >= 4 is 74.4 Å². The number of hydrogen-bond donors (Lipinski definition) is 1. The highest BCUT2D eigenvalue weighted by Crippen LogP contribution is 2.33. The van der Waals surface area contributed by atoms with Gasteiger partial charge in [0, 0.05) is 69.0 Å². The van der Waals surface area contributed by atoms with Gasteiger partial charge in [0.2, 0.25) is 12.7 Å². The summed E-state index contributed by atoms with van der Waals surface area (Å²) in [5, 5.41) is 4.48. The molecule has 3 aromatic carbocycles. The average molecular weight is 783 g/mol. The number of aryl methyl sites for hydroxylation is 1. The molecule has 0 atom stereocenters. The second-order valence-corrected chi connectivity index (χ2v) is 12.6. The van der Waals surface area contributed by atoms with Crippen LogP contribution in [-0.2, 0) is 13.6 Å². The van der Waals surface area contributed by atoms with Crippen LogP contribution in [0.1, 0.15) is 23.0 Å². The van der Waals surface area contributed by atoms with Crippen molar-refractivity contribution in [1.29, 1.82) is 0 Å². The summed E-state index contributed by atoms with van der Waals surface area (Å²) in [6, 6.07) is 21.7. The van der Waals surface area contributed by atoms with E-state index in [0.29, 0.717) is 58.4 Å². The van der Waals surface area contributed by atoms with E-state index < -0.39 is 0 Å². The van der Waals surface area contributed by atoms with Crippen molar-refractivity contribution in [2.24, 2.45) is 7.05 Å². The van der Waals surface area contributed by atoms with Crippen LogP contribution in [0.5, 0.6) is 23.1 Å². The summed E-state index contributed by atoms with van der Waals surface area (Å²) in [7, 11) is 1.91. The lowest BCUT2D eigenvalue weighted by atomic mass is 10.1. The molecule has 7 rings (SSSR count). The van der Waals surface area contributed by atoms with Crippen LogP contribution in [0, 0.1) is 0 Å². The Morgan fingerprint density at radius 2 is 1.72 bits per heavy atom. The van der Waals surface area contributed by atoms with Crippen LogP contribution in [0.15, 0.2) is 79.0 Å². The first-order valence-corrected chi connectivity index (χ1v) is 16.7. The van der Waals surface area contributed by atoms with Crippen molar-refractivity contribution in [3.05, 3.63) is 100 Å².